The first-order chi connectivity index (χ1) is 8.15. The van der Waals surface area contributed by atoms with Crippen LogP contribution in [-0.2, 0) is 9.53 Å². The largest absolute Gasteiger partial charge is 0.481 e. The van der Waals surface area contributed by atoms with Crippen LogP contribution >= 0.6 is 0 Å². The van der Waals surface area contributed by atoms with Crippen molar-refractivity contribution in [1.29, 1.82) is 0 Å². The molecule has 0 bridgehead atoms. The minimum atomic E-state index is -1.06. The first-order valence-corrected chi connectivity index (χ1v) is 6.01. The van der Waals surface area contributed by atoms with E-state index in [1.165, 1.54) is 0 Å². The van der Waals surface area contributed by atoms with Crippen molar-refractivity contribution in [3.05, 3.63) is 0 Å². The number of urea groups is 1. The monoisotopic (exact) mass is 258 g/mol. The van der Waals surface area contributed by atoms with Gasteiger partial charge in [-0.1, -0.05) is 20.8 Å². The molecular weight excluding hydrogens is 236 g/mol. The van der Waals surface area contributed by atoms with Gasteiger partial charge in [0, 0.05) is 6.54 Å². The summed E-state index contributed by atoms with van der Waals surface area (Å²) in [5.41, 5.74) is -1.07. The Balaban J connectivity index is 2.52. The summed E-state index contributed by atoms with van der Waals surface area (Å²) >= 11 is 0. The first-order valence-electron chi connectivity index (χ1n) is 6.01. The molecule has 1 fully saturated rings. The van der Waals surface area contributed by atoms with Gasteiger partial charge in [-0.3, -0.25) is 4.79 Å². The lowest BCUT2D eigenvalue weighted by Crippen LogP contribution is -2.53. The predicted octanol–water partition coefficient (Wildman–Crippen LogP) is 0.821. The van der Waals surface area contributed by atoms with Crippen molar-refractivity contribution in [3.63, 3.8) is 0 Å². The van der Waals surface area contributed by atoms with Crippen molar-refractivity contribution in [2.24, 2.45) is 10.8 Å². The van der Waals surface area contributed by atoms with E-state index in [-0.39, 0.29) is 24.7 Å². The Labute approximate surface area is 107 Å². The molecule has 2 amide bonds. The Morgan fingerprint density at radius 1 is 1.44 bits per heavy atom. The molecule has 6 nitrogen and oxygen atoms in total. The molecule has 104 valence electrons. The van der Waals surface area contributed by atoms with Crippen LogP contribution in [0.25, 0.3) is 0 Å². The number of hydrogen-bond donors (Lipinski definition) is 3. The van der Waals surface area contributed by atoms with E-state index in [1.54, 1.807) is 6.92 Å². The van der Waals surface area contributed by atoms with E-state index in [4.69, 9.17) is 9.84 Å². The summed E-state index contributed by atoms with van der Waals surface area (Å²) < 4.78 is 5.16. The summed E-state index contributed by atoms with van der Waals surface area (Å²) in [5.74, 6) is -0.957. The molecule has 1 aliphatic heterocycles. The highest BCUT2D eigenvalue weighted by atomic mass is 16.5. The Hall–Kier alpha value is -1.30. The number of carbonyl (C=O) groups excluding carboxylic acids is 1. The van der Waals surface area contributed by atoms with E-state index in [1.807, 2.05) is 20.8 Å². The van der Waals surface area contributed by atoms with Crippen LogP contribution in [0, 0.1) is 10.8 Å². The van der Waals surface area contributed by atoms with Gasteiger partial charge < -0.3 is 20.5 Å². The molecule has 0 saturated carbocycles. The Morgan fingerprint density at radius 2 is 2.06 bits per heavy atom. The predicted molar refractivity (Wildman–Crippen MR) is 66.3 cm³/mol. The van der Waals surface area contributed by atoms with E-state index >= 15 is 0 Å². The van der Waals surface area contributed by atoms with Crippen molar-refractivity contribution < 1.29 is 19.4 Å². The SMILES string of the molecule is CC(C)(C)CNC(=O)NC1COCC1(C)C(=O)O. The van der Waals surface area contributed by atoms with Crippen LogP contribution in [0.2, 0.25) is 0 Å². The van der Waals surface area contributed by atoms with Gasteiger partial charge in [-0.05, 0) is 12.3 Å². The molecule has 0 aliphatic carbocycles. The van der Waals surface area contributed by atoms with Crippen molar-refractivity contribution in [2.45, 2.75) is 33.7 Å². The fourth-order valence-corrected chi connectivity index (χ4v) is 1.64. The second kappa shape index (κ2) is 5.14. The number of amides is 2. The van der Waals surface area contributed by atoms with Crippen LogP contribution in [0.4, 0.5) is 4.79 Å². The highest BCUT2D eigenvalue weighted by Gasteiger charge is 2.47. The molecule has 0 spiro atoms. The number of nitrogens with one attached hydrogen (secondary N) is 2. The van der Waals surface area contributed by atoms with Crippen LogP contribution < -0.4 is 10.6 Å². The van der Waals surface area contributed by atoms with E-state index in [2.05, 4.69) is 10.6 Å². The molecule has 3 N–H and O–H groups in total. The van der Waals surface area contributed by atoms with E-state index in [9.17, 15) is 9.59 Å². The van der Waals surface area contributed by atoms with Crippen LogP contribution in [0.1, 0.15) is 27.7 Å². The summed E-state index contributed by atoms with van der Waals surface area (Å²) in [6, 6.07) is -0.858. The average molecular weight is 258 g/mol. The fraction of sp³-hybridized carbons (Fsp3) is 0.833. The van der Waals surface area contributed by atoms with Gasteiger partial charge >= 0.3 is 12.0 Å². The van der Waals surface area contributed by atoms with Crippen molar-refractivity contribution in [3.8, 4) is 0 Å². The number of hydrogen-bond acceptors (Lipinski definition) is 3. The first kappa shape index (κ1) is 14.8. The van der Waals surface area contributed by atoms with Crippen LogP contribution in [0.5, 0.6) is 0 Å². The van der Waals surface area contributed by atoms with Crippen LogP contribution in [0.15, 0.2) is 0 Å². The molecule has 1 heterocycles. The molecule has 1 aliphatic rings. The number of carboxylic acids is 1. The molecular formula is C12H22N2O4. The number of ether oxygens (including phenoxy) is 1. The molecule has 2 unspecified atom stereocenters. The quantitative estimate of drug-likeness (QED) is 0.699. The smallest absolute Gasteiger partial charge is 0.315 e. The third-order valence-corrected chi connectivity index (χ3v) is 3.03. The van der Waals surface area contributed by atoms with Crippen LogP contribution in [0.3, 0.4) is 0 Å². The maximum Gasteiger partial charge on any atom is 0.315 e. The molecule has 0 radical (unpaired) electrons. The van der Waals surface area contributed by atoms with Crippen molar-refractivity contribution >= 4 is 12.0 Å². The maximum absolute atomic E-state index is 11.7. The molecule has 0 aromatic carbocycles. The maximum atomic E-state index is 11.7. The number of aliphatic carboxylic acids is 1. The topological polar surface area (TPSA) is 87.7 Å². The van der Waals surface area contributed by atoms with Gasteiger partial charge in [-0.15, -0.1) is 0 Å². The molecule has 0 aromatic rings. The second-order valence-electron chi connectivity index (χ2n) is 6.18. The Kier molecular flexibility index (Phi) is 4.21. The lowest BCUT2D eigenvalue weighted by Gasteiger charge is -2.26. The van der Waals surface area contributed by atoms with Gasteiger partial charge in [0.2, 0.25) is 0 Å². The van der Waals surface area contributed by atoms with Crippen molar-refractivity contribution in [2.75, 3.05) is 19.8 Å². The fourth-order valence-electron chi connectivity index (χ4n) is 1.64. The summed E-state index contributed by atoms with van der Waals surface area (Å²) in [5, 5.41) is 14.6. The third-order valence-electron chi connectivity index (χ3n) is 3.03. The molecule has 0 aromatic heterocycles. The molecule has 6 heteroatoms. The number of carbonyl (C=O) groups is 2. The highest BCUT2D eigenvalue weighted by molar-refractivity contribution is 5.79. The van der Waals surface area contributed by atoms with Crippen molar-refractivity contribution in [1.82, 2.24) is 10.6 Å². The van der Waals surface area contributed by atoms with Gasteiger partial charge in [-0.25, -0.2) is 4.79 Å². The summed E-state index contributed by atoms with van der Waals surface area (Å²) in [4.78, 5) is 22.9. The summed E-state index contributed by atoms with van der Waals surface area (Å²) in [6.07, 6.45) is 0. The summed E-state index contributed by atoms with van der Waals surface area (Å²) in [7, 11) is 0. The van der Waals surface area contributed by atoms with Gasteiger partial charge in [0.25, 0.3) is 0 Å². The Bertz CT molecular complexity index is 337. The molecule has 1 rings (SSSR count). The number of rotatable bonds is 3. The van der Waals surface area contributed by atoms with Gasteiger partial charge in [-0.2, -0.15) is 0 Å². The second-order valence-corrected chi connectivity index (χ2v) is 6.18. The lowest BCUT2D eigenvalue weighted by molar-refractivity contribution is -0.148. The third kappa shape index (κ3) is 3.60. The van der Waals surface area contributed by atoms with E-state index in [0.29, 0.717) is 6.54 Å². The zero-order valence-electron chi connectivity index (χ0n) is 11.4. The molecule has 2 atom stereocenters. The Morgan fingerprint density at radius 3 is 2.56 bits per heavy atom. The average Bonchev–Trinajstić information content (AvgIpc) is 2.58. The zero-order chi connectivity index (χ0) is 14.0. The van der Waals surface area contributed by atoms with Crippen LogP contribution in [-0.4, -0.2) is 42.9 Å². The number of carboxylic acid groups (broad SMARTS) is 1. The lowest BCUT2D eigenvalue weighted by atomic mass is 9.85. The normalized spacial score (nSPS) is 27.9. The van der Waals surface area contributed by atoms with E-state index in [0.717, 1.165) is 0 Å². The molecule has 18 heavy (non-hydrogen) atoms. The van der Waals surface area contributed by atoms with Gasteiger partial charge in [0.15, 0.2) is 0 Å². The molecule has 1 saturated heterocycles. The minimum absolute atomic E-state index is 0.0143. The summed E-state index contributed by atoms with van der Waals surface area (Å²) in [6.45, 7) is 8.47. The zero-order valence-corrected chi connectivity index (χ0v) is 11.4. The minimum Gasteiger partial charge on any atom is -0.481 e. The van der Waals surface area contributed by atoms with Gasteiger partial charge in [0.05, 0.1) is 19.3 Å². The highest BCUT2D eigenvalue weighted by Crippen LogP contribution is 2.28. The van der Waals surface area contributed by atoms with Gasteiger partial charge in [0.1, 0.15) is 5.41 Å². The van der Waals surface area contributed by atoms with E-state index < -0.39 is 17.4 Å². The standard InChI is InChI=1S/C12H22N2O4/c1-11(2,3)6-13-10(17)14-8-5-18-7-12(8,4)9(15)16/h8H,5-7H2,1-4H3,(H,15,16)(H2,13,14,17).